The fourth-order valence-corrected chi connectivity index (χ4v) is 1.02. The third-order valence-corrected chi connectivity index (χ3v) is 1.86. The van der Waals surface area contributed by atoms with Gasteiger partial charge in [0.15, 0.2) is 0 Å². The topological polar surface area (TPSA) is 38.3 Å². The second kappa shape index (κ2) is 5.14. The highest BCUT2D eigenvalue weighted by Gasteiger charge is 1.98. The number of rotatable bonds is 3. The molecule has 1 rings (SSSR count). The molecule has 0 saturated carbocycles. The average molecular weight is 209 g/mol. The Kier molecular flexibility index (Phi) is 3.85. The molecule has 0 aliphatic rings. The third-order valence-electron chi connectivity index (χ3n) is 1.86. The first-order valence-corrected chi connectivity index (χ1v) is 4.40. The van der Waals surface area contributed by atoms with Crippen LogP contribution >= 0.6 is 0 Å². The lowest BCUT2D eigenvalue weighted by Crippen LogP contribution is -1.97. The van der Waals surface area contributed by atoms with Crippen LogP contribution < -0.4 is 5.32 Å². The molecule has 0 radical (unpaired) electrons. The van der Waals surface area contributed by atoms with E-state index in [2.05, 4.69) is 10.1 Å². The van der Waals surface area contributed by atoms with Gasteiger partial charge in [-0.25, -0.2) is 9.18 Å². The monoisotopic (exact) mass is 209 g/mol. The third kappa shape index (κ3) is 3.42. The van der Waals surface area contributed by atoms with Crippen LogP contribution in [0.3, 0.4) is 0 Å². The molecule has 0 bridgehead atoms. The van der Waals surface area contributed by atoms with Crippen molar-refractivity contribution in [2.45, 2.75) is 6.92 Å². The van der Waals surface area contributed by atoms with Gasteiger partial charge in [-0.2, -0.15) is 0 Å². The number of nitrogens with one attached hydrogen (secondary N) is 1. The second-order valence-electron chi connectivity index (χ2n) is 2.96. The number of esters is 1. The van der Waals surface area contributed by atoms with Crippen molar-refractivity contribution in [2.24, 2.45) is 0 Å². The number of benzene rings is 1. The highest BCUT2D eigenvalue weighted by Crippen LogP contribution is 2.15. The Balaban J connectivity index is 2.68. The smallest absolute Gasteiger partial charge is 0.331 e. The summed E-state index contributed by atoms with van der Waals surface area (Å²) < 4.78 is 17.2. The molecule has 15 heavy (non-hydrogen) atoms. The van der Waals surface area contributed by atoms with Crippen molar-refractivity contribution in [3.63, 3.8) is 0 Å². The number of hydrogen-bond acceptors (Lipinski definition) is 3. The maximum atomic E-state index is 12.8. The summed E-state index contributed by atoms with van der Waals surface area (Å²) in [5.41, 5.74) is 1.51. The van der Waals surface area contributed by atoms with Crippen molar-refractivity contribution in [2.75, 3.05) is 12.4 Å². The van der Waals surface area contributed by atoms with Crippen LogP contribution in [0.1, 0.15) is 5.56 Å². The van der Waals surface area contributed by atoms with Crippen molar-refractivity contribution in [1.29, 1.82) is 0 Å². The average Bonchev–Trinajstić information content (AvgIpc) is 2.23. The number of methoxy groups -OCH3 is 1. The van der Waals surface area contributed by atoms with E-state index < -0.39 is 5.97 Å². The lowest BCUT2D eigenvalue weighted by Gasteiger charge is -2.04. The predicted molar refractivity (Wildman–Crippen MR) is 55.9 cm³/mol. The quantitative estimate of drug-likeness (QED) is 0.612. The SMILES string of the molecule is COC(=O)/C=C/Nc1cc(F)ccc1C. The minimum absolute atomic E-state index is 0.324. The molecule has 0 atom stereocenters. The van der Waals surface area contributed by atoms with E-state index in [1.54, 1.807) is 6.07 Å². The van der Waals surface area contributed by atoms with E-state index in [9.17, 15) is 9.18 Å². The molecular formula is C11H12FNO2. The molecular weight excluding hydrogens is 197 g/mol. The Morgan fingerprint density at radius 1 is 1.53 bits per heavy atom. The zero-order valence-electron chi connectivity index (χ0n) is 8.58. The van der Waals surface area contributed by atoms with Crippen molar-refractivity contribution >= 4 is 11.7 Å². The highest BCUT2D eigenvalue weighted by molar-refractivity contribution is 5.82. The summed E-state index contributed by atoms with van der Waals surface area (Å²) in [5.74, 6) is -0.786. The van der Waals surface area contributed by atoms with Crippen molar-refractivity contribution in [1.82, 2.24) is 0 Å². The Bertz CT molecular complexity index is 388. The van der Waals surface area contributed by atoms with E-state index in [1.807, 2.05) is 6.92 Å². The summed E-state index contributed by atoms with van der Waals surface area (Å²) in [7, 11) is 1.29. The summed E-state index contributed by atoms with van der Waals surface area (Å²) in [6, 6.07) is 4.39. The van der Waals surface area contributed by atoms with E-state index in [4.69, 9.17) is 0 Å². The molecule has 1 N–H and O–H groups in total. The zero-order valence-corrected chi connectivity index (χ0v) is 8.58. The Morgan fingerprint density at radius 3 is 2.93 bits per heavy atom. The first-order valence-electron chi connectivity index (χ1n) is 4.40. The number of carbonyl (C=O) groups is 1. The van der Waals surface area contributed by atoms with Crippen molar-refractivity contribution in [3.8, 4) is 0 Å². The molecule has 3 nitrogen and oxygen atoms in total. The molecule has 0 aromatic heterocycles. The van der Waals surface area contributed by atoms with Gasteiger partial charge >= 0.3 is 5.97 Å². The molecule has 80 valence electrons. The van der Waals surface area contributed by atoms with Crippen molar-refractivity contribution < 1.29 is 13.9 Å². The number of hydrogen-bond donors (Lipinski definition) is 1. The molecule has 0 saturated heterocycles. The maximum Gasteiger partial charge on any atom is 0.331 e. The zero-order chi connectivity index (χ0) is 11.3. The van der Waals surface area contributed by atoms with E-state index in [1.165, 1.54) is 31.5 Å². The number of anilines is 1. The Hall–Kier alpha value is -1.84. The van der Waals surface area contributed by atoms with E-state index in [-0.39, 0.29) is 5.82 Å². The van der Waals surface area contributed by atoms with Crippen LogP contribution in [0.25, 0.3) is 0 Å². The number of carbonyl (C=O) groups excluding carboxylic acids is 1. The normalized spacial score (nSPS) is 10.3. The van der Waals surface area contributed by atoms with Gasteiger partial charge in [0.05, 0.1) is 7.11 Å². The van der Waals surface area contributed by atoms with Crippen LogP contribution in [0.15, 0.2) is 30.5 Å². The van der Waals surface area contributed by atoms with Gasteiger partial charge in [0.25, 0.3) is 0 Å². The maximum absolute atomic E-state index is 12.8. The minimum Gasteiger partial charge on any atom is -0.466 e. The summed E-state index contributed by atoms with van der Waals surface area (Å²) in [5, 5.41) is 2.80. The Labute approximate surface area is 87.6 Å². The Morgan fingerprint density at radius 2 is 2.27 bits per heavy atom. The van der Waals surface area contributed by atoms with Gasteiger partial charge in [-0.3, -0.25) is 0 Å². The van der Waals surface area contributed by atoms with E-state index in [0.717, 1.165) is 5.56 Å². The van der Waals surface area contributed by atoms with Crippen LogP contribution in [-0.4, -0.2) is 13.1 Å². The first kappa shape index (κ1) is 11.2. The molecule has 1 aromatic rings. The molecule has 1 aromatic carbocycles. The standard InChI is InChI=1S/C11H12FNO2/c1-8-3-4-9(12)7-10(8)13-6-5-11(14)15-2/h3-7,13H,1-2H3/b6-5+. The molecule has 0 aliphatic carbocycles. The summed E-state index contributed by atoms with van der Waals surface area (Å²) >= 11 is 0. The highest BCUT2D eigenvalue weighted by atomic mass is 19.1. The number of ether oxygens (including phenoxy) is 1. The van der Waals surface area contributed by atoms with Gasteiger partial charge < -0.3 is 10.1 Å². The van der Waals surface area contributed by atoms with Gasteiger partial charge in [0, 0.05) is 18.0 Å². The van der Waals surface area contributed by atoms with E-state index in [0.29, 0.717) is 5.69 Å². The van der Waals surface area contributed by atoms with Gasteiger partial charge in [0.2, 0.25) is 0 Å². The largest absolute Gasteiger partial charge is 0.466 e. The number of halogens is 1. The molecule has 0 spiro atoms. The first-order chi connectivity index (χ1) is 7.13. The van der Waals surface area contributed by atoms with E-state index >= 15 is 0 Å². The molecule has 4 heteroatoms. The fourth-order valence-electron chi connectivity index (χ4n) is 1.02. The fraction of sp³-hybridized carbons (Fsp3) is 0.182. The van der Waals surface area contributed by atoms with Gasteiger partial charge in [0.1, 0.15) is 5.82 Å². The summed E-state index contributed by atoms with van der Waals surface area (Å²) in [6.45, 7) is 1.84. The lowest BCUT2D eigenvalue weighted by atomic mass is 10.2. The summed E-state index contributed by atoms with van der Waals surface area (Å²) in [4.78, 5) is 10.7. The minimum atomic E-state index is -0.462. The predicted octanol–water partition coefficient (Wildman–Crippen LogP) is 2.23. The number of aryl methyl sites for hydroxylation is 1. The molecule has 0 fully saturated rings. The van der Waals surface area contributed by atoms with Crippen LogP contribution in [0.4, 0.5) is 10.1 Å². The molecule has 0 aliphatic heterocycles. The van der Waals surface area contributed by atoms with Gasteiger partial charge in [-0.05, 0) is 24.6 Å². The molecule has 0 amide bonds. The van der Waals surface area contributed by atoms with Crippen LogP contribution in [0, 0.1) is 12.7 Å². The van der Waals surface area contributed by atoms with Gasteiger partial charge in [-0.15, -0.1) is 0 Å². The second-order valence-corrected chi connectivity index (χ2v) is 2.96. The van der Waals surface area contributed by atoms with Crippen LogP contribution in [0.2, 0.25) is 0 Å². The lowest BCUT2D eigenvalue weighted by molar-refractivity contribution is -0.134. The van der Waals surface area contributed by atoms with Crippen LogP contribution in [0.5, 0.6) is 0 Å². The molecule has 0 unspecified atom stereocenters. The van der Waals surface area contributed by atoms with Crippen LogP contribution in [-0.2, 0) is 9.53 Å². The van der Waals surface area contributed by atoms with Crippen molar-refractivity contribution in [3.05, 3.63) is 41.9 Å². The summed E-state index contributed by atoms with van der Waals surface area (Å²) in [6.07, 6.45) is 2.64. The molecule has 0 heterocycles. The van der Waals surface area contributed by atoms with Gasteiger partial charge in [-0.1, -0.05) is 6.07 Å².